The van der Waals surface area contributed by atoms with Gasteiger partial charge in [0.1, 0.15) is 0 Å². The molecule has 0 spiro atoms. The summed E-state index contributed by atoms with van der Waals surface area (Å²) in [6.07, 6.45) is 2.37. The Labute approximate surface area is 150 Å². The van der Waals surface area contributed by atoms with E-state index in [1.165, 1.54) is 25.9 Å². The molecule has 0 aromatic heterocycles. The van der Waals surface area contributed by atoms with E-state index in [4.69, 9.17) is 0 Å². The molecule has 2 unspecified atom stereocenters. The molecule has 2 heteroatoms. The zero-order chi connectivity index (χ0) is 18.1. The molecule has 0 amide bonds. The van der Waals surface area contributed by atoms with Crippen LogP contribution in [0.4, 0.5) is 0 Å². The smallest absolute Gasteiger partial charge is 0.0269 e. The predicted octanol–water partition coefficient (Wildman–Crippen LogP) is 4.76. The molecule has 4 rings (SSSR count). The Balaban J connectivity index is 0.00000100. The van der Waals surface area contributed by atoms with E-state index in [0.29, 0.717) is 12.1 Å². The molecule has 3 aliphatic heterocycles. The maximum absolute atomic E-state index is 2.76. The fraction of sp³-hybridized carbons (Fsp3) is 0.727. The van der Waals surface area contributed by atoms with E-state index in [1.54, 1.807) is 11.1 Å². The summed E-state index contributed by atoms with van der Waals surface area (Å²) >= 11 is 0. The Morgan fingerprint density at radius 2 is 1.04 bits per heavy atom. The molecular formula is C22H38N2. The van der Waals surface area contributed by atoms with Crippen molar-refractivity contribution >= 4 is 0 Å². The van der Waals surface area contributed by atoms with Crippen molar-refractivity contribution in [3.8, 4) is 0 Å². The van der Waals surface area contributed by atoms with Crippen molar-refractivity contribution < 1.29 is 0 Å². The largest absolute Gasteiger partial charge is 0.292 e. The van der Waals surface area contributed by atoms with Crippen LogP contribution in [-0.4, -0.2) is 46.1 Å². The van der Waals surface area contributed by atoms with E-state index in [1.807, 2.05) is 13.8 Å². The van der Waals surface area contributed by atoms with E-state index in [2.05, 4.69) is 75.6 Å². The summed E-state index contributed by atoms with van der Waals surface area (Å²) in [6, 6.07) is 10.3. The summed E-state index contributed by atoms with van der Waals surface area (Å²) in [6.45, 7) is 20.6. The summed E-state index contributed by atoms with van der Waals surface area (Å²) in [7, 11) is 0. The number of nitrogens with zero attached hydrogens (tertiary/aromatic N) is 2. The first-order valence-electron chi connectivity index (χ1n) is 9.76. The molecule has 136 valence electrons. The molecule has 0 saturated carbocycles. The van der Waals surface area contributed by atoms with Crippen LogP contribution in [0.5, 0.6) is 0 Å². The van der Waals surface area contributed by atoms with Gasteiger partial charge in [0.05, 0.1) is 0 Å². The molecule has 2 atom stereocenters. The Bertz CT molecular complexity index is 487. The number of fused-ring (bicyclic) bond motifs is 2. The van der Waals surface area contributed by atoms with Gasteiger partial charge >= 0.3 is 0 Å². The SMILES string of the molecule is CC.CC(C)(C)N1CC2Cc3ccccc3CC1CN2C(C)(C)C. The molecule has 0 aliphatic carbocycles. The minimum Gasteiger partial charge on any atom is -0.292 e. The van der Waals surface area contributed by atoms with E-state index in [9.17, 15) is 0 Å². The van der Waals surface area contributed by atoms with Crippen LogP contribution in [0.25, 0.3) is 0 Å². The Morgan fingerprint density at radius 1 is 0.708 bits per heavy atom. The maximum Gasteiger partial charge on any atom is 0.0269 e. The lowest BCUT2D eigenvalue weighted by molar-refractivity contribution is -0.0608. The average Bonchev–Trinajstić information content (AvgIpc) is 2.46. The molecule has 3 aliphatic rings. The Morgan fingerprint density at radius 3 is 1.33 bits per heavy atom. The minimum atomic E-state index is 0.249. The highest BCUT2D eigenvalue weighted by molar-refractivity contribution is 5.31. The molecule has 0 N–H and O–H groups in total. The first-order chi connectivity index (χ1) is 11.2. The van der Waals surface area contributed by atoms with Gasteiger partial charge in [-0.15, -0.1) is 0 Å². The third-order valence-electron chi connectivity index (χ3n) is 5.45. The molecule has 0 radical (unpaired) electrons. The second-order valence-corrected chi connectivity index (χ2v) is 9.13. The molecule has 1 aromatic carbocycles. The molecule has 3 heterocycles. The third-order valence-corrected chi connectivity index (χ3v) is 5.45. The number of rotatable bonds is 0. The monoisotopic (exact) mass is 330 g/mol. The van der Waals surface area contributed by atoms with Crippen LogP contribution in [-0.2, 0) is 12.8 Å². The highest BCUT2D eigenvalue weighted by Crippen LogP contribution is 2.34. The highest BCUT2D eigenvalue weighted by Gasteiger charge is 2.43. The lowest BCUT2D eigenvalue weighted by Crippen LogP contribution is -2.68. The second-order valence-electron chi connectivity index (χ2n) is 9.13. The van der Waals surface area contributed by atoms with E-state index < -0.39 is 0 Å². The predicted molar refractivity (Wildman–Crippen MR) is 106 cm³/mol. The summed E-state index contributed by atoms with van der Waals surface area (Å²) in [5, 5.41) is 0. The zero-order valence-electron chi connectivity index (χ0n) is 17.2. The van der Waals surface area contributed by atoms with Crippen molar-refractivity contribution in [3.63, 3.8) is 0 Å². The molecule has 1 saturated heterocycles. The van der Waals surface area contributed by atoms with Crippen molar-refractivity contribution in [3.05, 3.63) is 35.4 Å². The van der Waals surface area contributed by atoms with Gasteiger partial charge in [0.25, 0.3) is 0 Å². The molecular weight excluding hydrogens is 292 g/mol. The quantitative estimate of drug-likeness (QED) is 0.676. The van der Waals surface area contributed by atoms with Crippen molar-refractivity contribution in [2.24, 2.45) is 0 Å². The van der Waals surface area contributed by atoms with Gasteiger partial charge in [-0.05, 0) is 65.5 Å². The molecule has 1 fully saturated rings. The van der Waals surface area contributed by atoms with Crippen LogP contribution in [0.3, 0.4) is 0 Å². The Kier molecular flexibility index (Phi) is 5.82. The van der Waals surface area contributed by atoms with Crippen LogP contribution < -0.4 is 0 Å². The van der Waals surface area contributed by atoms with E-state index in [0.717, 1.165) is 0 Å². The number of benzene rings is 1. The van der Waals surface area contributed by atoms with E-state index >= 15 is 0 Å². The fourth-order valence-electron chi connectivity index (χ4n) is 4.41. The lowest BCUT2D eigenvalue weighted by atomic mass is 9.83. The first kappa shape index (κ1) is 19.5. The van der Waals surface area contributed by atoms with Crippen molar-refractivity contribution in [1.82, 2.24) is 9.80 Å². The maximum atomic E-state index is 2.76. The van der Waals surface area contributed by atoms with Crippen LogP contribution >= 0.6 is 0 Å². The lowest BCUT2D eigenvalue weighted by Gasteiger charge is -2.56. The van der Waals surface area contributed by atoms with Gasteiger partial charge in [-0.25, -0.2) is 0 Å². The second kappa shape index (κ2) is 7.17. The topological polar surface area (TPSA) is 6.48 Å². The van der Waals surface area contributed by atoms with Crippen LogP contribution in [0, 0.1) is 0 Å². The normalized spacial score (nSPS) is 25.3. The van der Waals surface area contributed by atoms with Crippen molar-refractivity contribution in [2.45, 2.75) is 91.4 Å². The highest BCUT2D eigenvalue weighted by atomic mass is 15.4. The molecule has 24 heavy (non-hydrogen) atoms. The van der Waals surface area contributed by atoms with Crippen LogP contribution in [0.15, 0.2) is 24.3 Å². The average molecular weight is 331 g/mol. The molecule has 2 bridgehead atoms. The van der Waals surface area contributed by atoms with Crippen LogP contribution in [0.2, 0.25) is 0 Å². The first-order valence-corrected chi connectivity index (χ1v) is 9.76. The zero-order valence-corrected chi connectivity index (χ0v) is 17.2. The summed E-state index contributed by atoms with van der Waals surface area (Å²) in [4.78, 5) is 5.52. The third kappa shape index (κ3) is 4.03. The summed E-state index contributed by atoms with van der Waals surface area (Å²) < 4.78 is 0. The van der Waals surface area contributed by atoms with Gasteiger partial charge in [0, 0.05) is 36.3 Å². The Hall–Kier alpha value is -0.860. The van der Waals surface area contributed by atoms with E-state index in [-0.39, 0.29) is 11.1 Å². The standard InChI is InChI=1S/C20H32N2.C2H6/c1-19(2,3)21-13-18-12-16-10-8-7-9-15(16)11-17(21)14-22(18)20(4,5)6;1-2/h7-10,17-18H,11-14H2,1-6H3;1-2H3. The van der Waals surface area contributed by atoms with Gasteiger partial charge in [0.2, 0.25) is 0 Å². The van der Waals surface area contributed by atoms with Crippen molar-refractivity contribution in [1.29, 1.82) is 0 Å². The number of hydrogen-bond donors (Lipinski definition) is 0. The van der Waals surface area contributed by atoms with Gasteiger partial charge in [-0.1, -0.05) is 38.1 Å². The number of piperazine rings is 1. The molecule has 2 nitrogen and oxygen atoms in total. The summed E-state index contributed by atoms with van der Waals surface area (Å²) in [5.74, 6) is 0. The van der Waals surface area contributed by atoms with Gasteiger partial charge < -0.3 is 0 Å². The van der Waals surface area contributed by atoms with Gasteiger partial charge in [-0.3, -0.25) is 9.80 Å². The van der Waals surface area contributed by atoms with Gasteiger partial charge in [-0.2, -0.15) is 0 Å². The molecule has 1 aromatic rings. The van der Waals surface area contributed by atoms with Crippen molar-refractivity contribution in [2.75, 3.05) is 13.1 Å². The van der Waals surface area contributed by atoms with Gasteiger partial charge in [0.15, 0.2) is 0 Å². The number of hydrogen-bond acceptors (Lipinski definition) is 2. The summed E-state index contributed by atoms with van der Waals surface area (Å²) in [5.41, 5.74) is 3.64. The van der Waals surface area contributed by atoms with Crippen LogP contribution in [0.1, 0.15) is 66.5 Å². The minimum absolute atomic E-state index is 0.249. The fourth-order valence-corrected chi connectivity index (χ4v) is 4.41.